The van der Waals surface area contributed by atoms with E-state index in [2.05, 4.69) is 6.92 Å². The molecule has 1 aliphatic rings. The van der Waals surface area contributed by atoms with Crippen LogP contribution in [-0.4, -0.2) is 46.3 Å². The topological polar surface area (TPSA) is 69.9 Å². The van der Waals surface area contributed by atoms with Crippen LogP contribution in [0.4, 0.5) is 0 Å². The lowest BCUT2D eigenvalue weighted by molar-refractivity contribution is -0.188. The third kappa shape index (κ3) is 6.21. The van der Waals surface area contributed by atoms with Crippen molar-refractivity contribution in [3.8, 4) is 0 Å². The average Bonchev–Trinajstić information content (AvgIpc) is 2.41. The molecule has 1 fully saturated rings. The van der Waals surface area contributed by atoms with Crippen LogP contribution in [0.1, 0.15) is 64.7 Å². The summed E-state index contributed by atoms with van der Waals surface area (Å²) in [5.74, 6) is 0. The first-order chi connectivity index (χ1) is 9.16. The van der Waals surface area contributed by atoms with Crippen LogP contribution in [0.3, 0.4) is 0 Å². The van der Waals surface area contributed by atoms with E-state index in [0.717, 1.165) is 19.3 Å². The van der Waals surface area contributed by atoms with Crippen LogP contribution in [0, 0.1) is 0 Å². The van der Waals surface area contributed by atoms with Crippen molar-refractivity contribution >= 4 is 0 Å². The van der Waals surface area contributed by atoms with E-state index < -0.39 is 18.3 Å². The fourth-order valence-corrected chi connectivity index (χ4v) is 2.60. The Balaban J connectivity index is 2.00. The highest BCUT2D eigenvalue weighted by Crippen LogP contribution is 2.20. The maximum absolute atomic E-state index is 9.77. The summed E-state index contributed by atoms with van der Waals surface area (Å²) in [5, 5.41) is 28.7. The van der Waals surface area contributed by atoms with E-state index in [1.165, 1.54) is 38.5 Å². The van der Waals surface area contributed by atoms with Gasteiger partial charge in [-0.2, -0.15) is 0 Å². The first kappa shape index (κ1) is 16.9. The van der Waals surface area contributed by atoms with Crippen molar-refractivity contribution < 1.29 is 20.1 Å². The van der Waals surface area contributed by atoms with Gasteiger partial charge < -0.3 is 20.1 Å². The van der Waals surface area contributed by atoms with E-state index in [1.54, 1.807) is 0 Å². The smallest absolute Gasteiger partial charge is 0.111 e. The van der Waals surface area contributed by atoms with E-state index in [1.807, 2.05) is 0 Å². The standard InChI is InChI=1S/C15H30O4/c1-2-3-4-5-6-7-8-9-10-13-15(18)14(17)12(16)11-19-13/h12-18H,2-11H2,1H3. The van der Waals surface area contributed by atoms with Crippen LogP contribution in [0.15, 0.2) is 0 Å². The number of aliphatic hydroxyl groups is 3. The third-order valence-corrected chi connectivity index (χ3v) is 3.95. The zero-order valence-corrected chi connectivity index (χ0v) is 12.1. The van der Waals surface area contributed by atoms with Gasteiger partial charge in [0.05, 0.1) is 12.7 Å². The van der Waals surface area contributed by atoms with Gasteiger partial charge in [-0.3, -0.25) is 0 Å². The zero-order chi connectivity index (χ0) is 14.1. The Morgan fingerprint density at radius 1 is 0.842 bits per heavy atom. The summed E-state index contributed by atoms with van der Waals surface area (Å²) in [4.78, 5) is 0. The Hall–Kier alpha value is -0.160. The lowest BCUT2D eigenvalue weighted by Crippen LogP contribution is -2.52. The molecule has 4 heteroatoms. The zero-order valence-electron chi connectivity index (χ0n) is 12.1. The maximum atomic E-state index is 9.77. The predicted octanol–water partition coefficient (Wildman–Crippen LogP) is 2.00. The third-order valence-electron chi connectivity index (χ3n) is 3.95. The molecule has 0 aliphatic carbocycles. The molecule has 0 radical (unpaired) electrons. The SMILES string of the molecule is CCCCCCCCCCC1OCC(O)C(O)C1O. The van der Waals surface area contributed by atoms with Gasteiger partial charge in [-0.05, 0) is 6.42 Å². The fraction of sp³-hybridized carbons (Fsp3) is 1.00. The Kier molecular flexibility index (Phi) is 8.62. The molecular formula is C15H30O4. The van der Waals surface area contributed by atoms with Crippen LogP contribution in [0.25, 0.3) is 0 Å². The van der Waals surface area contributed by atoms with Crippen molar-refractivity contribution in [2.75, 3.05) is 6.61 Å². The molecular weight excluding hydrogens is 244 g/mol. The second-order valence-corrected chi connectivity index (χ2v) is 5.68. The summed E-state index contributed by atoms with van der Waals surface area (Å²) in [5.41, 5.74) is 0. The molecule has 0 aromatic rings. The molecule has 4 unspecified atom stereocenters. The molecule has 1 saturated heterocycles. The molecule has 1 rings (SSSR count). The van der Waals surface area contributed by atoms with Crippen molar-refractivity contribution in [2.24, 2.45) is 0 Å². The summed E-state index contributed by atoms with van der Waals surface area (Å²) in [6.07, 6.45) is 7.44. The van der Waals surface area contributed by atoms with Gasteiger partial charge in [0.1, 0.15) is 18.3 Å². The molecule has 0 aromatic carbocycles. The second kappa shape index (κ2) is 9.70. The second-order valence-electron chi connectivity index (χ2n) is 5.68. The number of rotatable bonds is 9. The molecule has 0 saturated carbocycles. The highest BCUT2D eigenvalue weighted by molar-refractivity contribution is 4.86. The Bertz CT molecular complexity index is 222. The van der Waals surface area contributed by atoms with Gasteiger partial charge in [0.15, 0.2) is 0 Å². The number of ether oxygens (including phenoxy) is 1. The Labute approximate surface area is 116 Å². The lowest BCUT2D eigenvalue weighted by Gasteiger charge is -2.35. The van der Waals surface area contributed by atoms with Gasteiger partial charge in [-0.15, -0.1) is 0 Å². The highest BCUT2D eigenvalue weighted by Gasteiger charge is 2.36. The quantitative estimate of drug-likeness (QED) is 0.562. The molecule has 1 heterocycles. The minimum atomic E-state index is -1.06. The van der Waals surface area contributed by atoms with Crippen molar-refractivity contribution in [1.82, 2.24) is 0 Å². The van der Waals surface area contributed by atoms with Gasteiger partial charge in [0, 0.05) is 0 Å². The van der Waals surface area contributed by atoms with Crippen molar-refractivity contribution in [3.63, 3.8) is 0 Å². The predicted molar refractivity (Wildman–Crippen MR) is 75.0 cm³/mol. The van der Waals surface area contributed by atoms with Gasteiger partial charge in [0.25, 0.3) is 0 Å². The minimum absolute atomic E-state index is 0.125. The minimum Gasteiger partial charge on any atom is -0.388 e. The molecule has 0 spiro atoms. The van der Waals surface area contributed by atoms with Crippen LogP contribution in [-0.2, 0) is 4.74 Å². The molecule has 0 aromatic heterocycles. The molecule has 3 N–H and O–H groups in total. The van der Waals surface area contributed by atoms with Gasteiger partial charge in [-0.25, -0.2) is 0 Å². The lowest BCUT2D eigenvalue weighted by atomic mass is 9.95. The van der Waals surface area contributed by atoms with Crippen molar-refractivity contribution in [3.05, 3.63) is 0 Å². The molecule has 114 valence electrons. The molecule has 19 heavy (non-hydrogen) atoms. The first-order valence-electron chi connectivity index (χ1n) is 7.82. The summed E-state index contributed by atoms with van der Waals surface area (Å²) < 4.78 is 5.37. The normalized spacial score (nSPS) is 31.6. The van der Waals surface area contributed by atoms with Crippen LogP contribution in [0.5, 0.6) is 0 Å². The summed E-state index contributed by atoms with van der Waals surface area (Å²) >= 11 is 0. The van der Waals surface area contributed by atoms with E-state index in [0.29, 0.717) is 0 Å². The summed E-state index contributed by atoms with van der Waals surface area (Å²) in [6.45, 7) is 2.35. The van der Waals surface area contributed by atoms with Crippen LogP contribution in [0.2, 0.25) is 0 Å². The molecule has 4 atom stereocenters. The summed E-state index contributed by atoms with van der Waals surface area (Å²) in [7, 11) is 0. The van der Waals surface area contributed by atoms with Gasteiger partial charge in [0.2, 0.25) is 0 Å². The largest absolute Gasteiger partial charge is 0.388 e. The van der Waals surface area contributed by atoms with Crippen LogP contribution < -0.4 is 0 Å². The molecule has 4 nitrogen and oxygen atoms in total. The molecule has 0 bridgehead atoms. The monoisotopic (exact) mass is 274 g/mol. The number of hydrogen-bond acceptors (Lipinski definition) is 4. The Morgan fingerprint density at radius 2 is 1.42 bits per heavy atom. The number of hydrogen-bond donors (Lipinski definition) is 3. The van der Waals surface area contributed by atoms with Crippen LogP contribution >= 0.6 is 0 Å². The van der Waals surface area contributed by atoms with Gasteiger partial charge in [-0.1, -0.05) is 58.3 Å². The average molecular weight is 274 g/mol. The van der Waals surface area contributed by atoms with E-state index >= 15 is 0 Å². The number of unbranched alkanes of at least 4 members (excludes halogenated alkanes) is 7. The first-order valence-corrected chi connectivity index (χ1v) is 7.82. The molecule has 1 aliphatic heterocycles. The van der Waals surface area contributed by atoms with E-state index in [9.17, 15) is 15.3 Å². The number of aliphatic hydroxyl groups excluding tert-OH is 3. The van der Waals surface area contributed by atoms with E-state index in [-0.39, 0.29) is 12.7 Å². The van der Waals surface area contributed by atoms with Crippen molar-refractivity contribution in [1.29, 1.82) is 0 Å². The van der Waals surface area contributed by atoms with E-state index in [4.69, 9.17) is 4.74 Å². The molecule has 0 amide bonds. The summed E-state index contributed by atoms with van der Waals surface area (Å²) in [6, 6.07) is 0. The van der Waals surface area contributed by atoms with Gasteiger partial charge >= 0.3 is 0 Å². The fourth-order valence-electron chi connectivity index (χ4n) is 2.60. The Morgan fingerprint density at radius 3 is 2.05 bits per heavy atom. The maximum Gasteiger partial charge on any atom is 0.111 e. The highest BCUT2D eigenvalue weighted by atomic mass is 16.5. The van der Waals surface area contributed by atoms with Crippen molar-refractivity contribution in [2.45, 2.75) is 89.1 Å².